The lowest BCUT2D eigenvalue weighted by atomic mass is 10.1. The minimum absolute atomic E-state index is 0.413. The van der Waals surface area contributed by atoms with E-state index in [0.29, 0.717) is 5.56 Å². The van der Waals surface area contributed by atoms with E-state index >= 15 is 0 Å². The molecule has 0 saturated carbocycles. The molecule has 0 radical (unpaired) electrons. The predicted octanol–water partition coefficient (Wildman–Crippen LogP) is 1.64. The third-order valence-electron chi connectivity index (χ3n) is 1.33. The van der Waals surface area contributed by atoms with Crippen molar-refractivity contribution in [3.8, 4) is 0 Å². The molecule has 0 bridgehead atoms. The summed E-state index contributed by atoms with van der Waals surface area (Å²) >= 11 is 2.69. The Morgan fingerprint density at radius 2 is 1.91 bits per heavy atom. The molecule has 1 aromatic rings. The second-order valence-corrected chi connectivity index (χ2v) is 2.90. The molecule has 58 valence electrons. The lowest BCUT2D eigenvalue weighted by Gasteiger charge is -2.03. The van der Waals surface area contributed by atoms with Crippen molar-refractivity contribution < 1.29 is 9.90 Å². The molecule has 11 heavy (non-hydrogen) atoms. The molecule has 1 aromatic carbocycles. The quantitative estimate of drug-likeness (QED) is 0.761. The fourth-order valence-electron chi connectivity index (χ4n) is 0.766. The van der Waals surface area contributed by atoms with Crippen molar-refractivity contribution in [1.29, 1.82) is 0 Å². The van der Waals surface area contributed by atoms with Gasteiger partial charge in [-0.15, -0.1) is 0 Å². The molecule has 0 unspecified atom stereocenters. The van der Waals surface area contributed by atoms with E-state index in [1.54, 1.807) is 24.3 Å². The number of benzene rings is 1. The van der Waals surface area contributed by atoms with Crippen molar-refractivity contribution in [3.05, 3.63) is 35.9 Å². The van der Waals surface area contributed by atoms with E-state index in [2.05, 4.69) is 15.9 Å². The number of halogens is 1. The van der Waals surface area contributed by atoms with Crippen molar-refractivity contribution >= 4 is 20.6 Å². The number of hydrogen-bond acceptors (Lipinski definition) is 2. The standard InChI is InChI=1S/C8H7BrO2/c9-8(11)7(10)6-4-2-1-3-5-6/h1-5,7,10H/t7-/m0/s1. The van der Waals surface area contributed by atoms with Crippen molar-refractivity contribution in [2.45, 2.75) is 6.10 Å². The Bertz CT molecular complexity index is 246. The molecule has 0 amide bonds. The SMILES string of the molecule is O=C(Br)[C@@H](O)c1ccccc1. The van der Waals surface area contributed by atoms with Gasteiger partial charge in [0.15, 0.2) is 0 Å². The van der Waals surface area contributed by atoms with E-state index in [1.807, 2.05) is 6.07 Å². The van der Waals surface area contributed by atoms with E-state index in [4.69, 9.17) is 0 Å². The molecule has 0 aliphatic carbocycles. The topological polar surface area (TPSA) is 37.3 Å². The molecule has 0 spiro atoms. The summed E-state index contributed by atoms with van der Waals surface area (Å²) in [4.78, 5) is 10.6. The normalized spacial score (nSPS) is 12.5. The van der Waals surface area contributed by atoms with Crippen LogP contribution in [0.25, 0.3) is 0 Å². The maximum absolute atomic E-state index is 10.6. The minimum atomic E-state index is -1.05. The molecule has 0 aliphatic heterocycles. The number of aliphatic hydroxyl groups excluding tert-OH is 1. The predicted molar refractivity (Wildman–Crippen MR) is 45.3 cm³/mol. The monoisotopic (exact) mass is 214 g/mol. The van der Waals surface area contributed by atoms with Crippen LogP contribution in [0.4, 0.5) is 0 Å². The average molecular weight is 215 g/mol. The Hall–Kier alpha value is -0.670. The first-order chi connectivity index (χ1) is 5.22. The van der Waals surface area contributed by atoms with Gasteiger partial charge in [-0.3, -0.25) is 4.79 Å². The van der Waals surface area contributed by atoms with Crippen LogP contribution < -0.4 is 0 Å². The smallest absolute Gasteiger partial charge is 0.230 e. The van der Waals surface area contributed by atoms with Crippen LogP contribution in [-0.2, 0) is 4.79 Å². The lowest BCUT2D eigenvalue weighted by Crippen LogP contribution is -2.03. The second kappa shape index (κ2) is 3.64. The van der Waals surface area contributed by atoms with Gasteiger partial charge in [0.2, 0.25) is 4.69 Å². The van der Waals surface area contributed by atoms with Crippen LogP contribution in [0.2, 0.25) is 0 Å². The van der Waals surface area contributed by atoms with Gasteiger partial charge in [-0.2, -0.15) is 0 Å². The average Bonchev–Trinajstić information content (AvgIpc) is 2.05. The molecule has 1 atom stereocenters. The highest BCUT2D eigenvalue weighted by Crippen LogP contribution is 2.15. The van der Waals surface area contributed by atoms with E-state index in [9.17, 15) is 9.90 Å². The Kier molecular flexibility index (Phi) is 2.79. The van der Waals surface area contributed by atoms with E-state index in [0.717, 1.165) is 0 Å². The number of hydrogen-bond donors (Lipinski definition) is 1. The summed E-state index contributed by atoms with van der Waals surface area (Å²) in [6.07, 6.45) is -1.05. The summed E-state index contributed by atoms with van der Waals surface area (Å²) in [5.74, 6) is 0. The first-order valence-corrected chi connectivity index (χ1v) is 3.93. The zero-order valence-corrected chi connectivity index (χ0v) is 7.28. The van der Waals surface area contributed by atoms with Crippen LogP contribution >= 0.6 is 15.9 Å². The highest BCUT2D eigenvalue weighted by Gasteiger charge is 2.12. The highest BCUT2D eigenvalue weighted by molar-refractivity contribution is 9.18. The Balaban J connectivity index is 2.85. The Morgan fingerprint density at radius 3 is 2.36 bits per heavy atom. The van der Waals surface area contributed by atoms with Gasteiger partial charge in [0, 0.05) is 0 Å². The molecule has 1 N–H and O–H groups in total. The summed E-state index contributed by atoms with van der Waals surface area (Å²) in [5, 5.41) is 9.20. The zero-order chi connectivity index (χ0) is 8.27. The number of carbonyl (C=O) groups excluding carboxylic acids is 1. The van der Waals surface area contributed by atoms with Gasteiger partial charge in [-0.25, -0.2) is 0 Å². The van der Waals surface area contributed by atoms with Crippen LogP contribution in [0, 0.1) is 0 Å². The maximum atomic E-state index is 10.6. The molecule has 0 saturated heterocycles. The van der Waals surface area contributed by atoms with Crippen LogP contribution in [0.3, 0.4) is 0 Å². The molecule has 0 aliphatic rings. The molecular formula is C8H7BrO2. The Labute approximate surface area is 73.0 Å². The van der Waals surface area contributed by atoms with Crippen molar-refractivity contribution in [1.82, 2.24) is 0 Å². The summed E-state index contributed by atoms with van der Waals surface area (Å²) in [5.41, 5.74) is 0.606. The largest absolute Gasteiger partial charge is 0.380 e. The lowest BCUT2D eigenvalue weighted by molar-refractivity contribution is -0.117. The summed E-state index contributed by atoms with van der Waals surface area (Å²) in [6, 6.07) is 8.77. The number of rotatable bonds is 2. The van der Waals surface area contributed by atoms with Crippen LogP contribution in [0.5, 0.6) is 0 Å². The van der Waals surface area contributed by atoms with Gasteiger partial charge in [-0.1, -0.05) is 30.3 Å². The van der Waals surface area contributed by atoms with Crippen LogP contribution in [-0.4, -0.2) is 9.80 Å². The molecule has 1 rings (SSSR count). The van der Waals surface area contributed by atoms with Gasteiger partial charge < -0.3 is 5.11 Å². The Morgan fingerprint density at radius 1 is 1.36 bits per heavy atom. The fraction of sp³-hybridized carbons (Fsp3) is 0.125. The van der Waals surface area contributed by atoms with E-state index < -0.39 is 10.8 Å². The van der Waals surface area contributed by atoms with Gasteiger partial charge in [0.25, 0.3) is 0 Å². The van der Waals surface area contributed by atoms with Gasteiger partial charge >= 0.3 is 0 Å². The zero-order valence-electron chi connectivity index (χ0n) is 5.70. The molecule has 3 heteroatoms. The number of aliphatic hydroxyl groups is 1. The van der Waals surface area contributed by atoms with Crippen LogP contribution in [0.1, 0.15) is 11.7 Å². The van der Waals surface area contributed by atoms with Crippen molar-refractivity contribution in [2.24, 2.45) is 0 Å². The van der Waals surface area contributed by atoms with E-state index in [-0.39, 0.29) is 0 Å². The third kappa shape index (κ3) is 2.13. The molecule has 2 nitrogen and oxygen atoms in total. The molecule has 0 heterocycles. The second-order valence-electron chi connectivity index (χ2n) is 2.12. The van der Waals surface area contributed by atoms with Crippen molar-refractivity contribution in [3.63, 3.8) is 0 Å². The summed E-state index contributed by atoms with van der Waals surface area (Å²) in [6.45, 7) is 0. The van der Waals surface area contributed by atoms with Gasteiger partial charge in [-0.05, 0) is 21.5 Å². The van der Waals surface area contributed by atoms with Crippen molar-refractivity contribution in [2.75, 3.05) is 0 Å². The van der Waals surface area contributed by atoms with Gasteiger partial charge in [0.05, 0.1) is 0 Å². The molecule has 0 aromatic heterocycles. The number of carbonyl (C=O) groups is 1. The van der Waals surface area contributed by atoms with Crippen LogP contribution in [0.15, 0.2) is 30.3 Å². The summed E-state index contributed by atoms with van der Waals surface area (Å²) < 4.78 is -0.413. The first-order valence-electron chi connectivity index (χ1n) is 3.14. The maximum Gasteiger partial charge on any atom is 0.230 e. The van der Waals surface area contributed by atoms with E-state index in [1.165, 1.54) is 0 Å². The fourth-order valence-corrected chi connectivity index (χ4v) is 1.03. The molecule has 0 fully saturated rings. The van der Waals surface area contributed by atoms with Gasteiger partial charge in [0.1, 0.15) is 6.10 Å². The summed E-state index contributed by atoms with van der Waals surface area (Å²) in [7, 11) is 0. The minimum Gasteiger partial charge on any atom is -0.380 e. The molecular weight excluding hydrogens is 208 g/mol. The highest BCUT2D eigenvalue weighted by atomic mass is 79.9. The third-order valence-corrected chi connectivity index (χ3v) is 1.76. The first kappa shape index (κ1) is 8.43.